The van der Waals surface area contributed by atoms with Crippen molar-refractivity contribution in [1.29, 1.82) is 0 Å². The molecule has 0 saturated carbocycles. The Bertz CT molecular complexity index is 335. The molecule has 5 nitrogen and oxygen atoms in total. The number of nitrogens with one attached hydrogen (secondary N) is 1. The van der Waals surface area contributed by atoms with Gasteiger partial charge in [0.15, 0.2) is 0 Å². The van der Waals surface area contributed by atoms with Crippen molar-refractivity contribution in [3.8, 4) is 0 Å². The summed E-state index contributed by atoms with van der Waals surface area (Å²) in [5, 5.41) is 0. The third kappa shape index (κ3) is 0.975. The van der Waals surface area contributed by atoms with E-state index in [1.54, 1.807) is 0 Å². The minimum Gasteiger partial charge on any atom is -0.295 e. The summed E-state index contributed by atoms with van der Waals surface area (Å²) in [6.45, 7) is 1.51. The van der Waals surface area contributed by atoms with Crippen LogP contribution in [0.3, 0.4) is 0 Å². The summed E-state index contributed by atoms with van der Waals surface area (Å²) >= 11 is 0. The van der Waals surface area contributed by atoms with Crippen LogP contribution in [0.2, 0.25) is 0 Å². The Morgan fingerprint density at radius 3 is 2.90 bits per heavy atom. The van der Waals surface area contributed by atoms with E-state index in [1.165, 1.54) is 6.92 Å². The van der Waals surface area contributed by atoms with Crippen LogP contribution in [-0.4, -0.2) is 14.5 Å². The van der Waals surface area contributed by atoms with E-state index in [2.05, 4.69) is 9.97 Å². The van der Waals surface area contributed by atoms with E-state index in [0.29, 0.717) is 4.57 Å². The third-order valence-electron chi connectivity index (χ3n) is 1.03. The SMILES string of the molecule is [2H]Cn1c(=O)nc(C)[nH]c1=O. The minimum atomic E-state index is -0.679. The highest BCUT2D eigenvalue weighted by atomic mass is 16.2. The molecule has 5 heteroatoms. The van der Waals surface area contributed by atoms with E-state index in [0.717, 1.165) is 0 Å². The largest absolute Gasteiger partial charge is 0.353 e. The highest BCUT2D eigenvalue weighted by Gasteiger charge is 1.95. The molecule has 0 spiro atoms. The lowest BCUT2D eigenvalue weighted by Gasteiger charge is -1.92. The van der Waals surface area contributed by atoms with Crippen molar-refractivity contribution < 1.29 is 1.37 Å². The van der Waals surface area contributed by atoms with E-state index < -0.39 is 18.4 Å². The Balaban J connectivity index is 3.50. The molecule has 0 aliphatic heterocycles. The van der Waals surface area contributed by atoms with Gasteiger partial charge >= 0.3 is 11.4 Å². The second kappa shape index (κ2) is 2.09. The molecule has 0 amide bonds. The van der Waals surface area contributed by atoms with Gasteiger partial charge < -0.3 is 0 Å². The van der Waals surface area contributed by atoms with Crippen molar-refractivity contribution in [2.24, 2.45) is 7.02 Å². The maximum atomic E-state index is 10.8. The summed E-state index contributed by atoms with van der Waals surface area (Å²) < 4.78 is 7.50. The lowest BCUT2D eigenvalue weighted by molar-refractivity contribution is 0.711. The number of hydrogen-bond donors (Lipinski definition) is 1. The maximum Gasteiger partial charge on any atom is 0.353 e. The quantitative estimate of drug-likeness (QED) is 0.493. The monoisotopic (exact) mass is 142 g/mol. The number of rotatable bonds is 0. The van der Waals surface area contributed by atoms with Gasteiger partial charge in [-0.05, 0) is 6.92 Å². The molecule has 0 atom stereocenters. The van der Waals surface area contributed by atoms with Gasteiger partial charge in [-0.3, -0.25) is 4.98 Å². The van der Waals surface area contributed by atoms with Gasteiger partial charge in [0.05, 0.1) is 0 Å². The van der Waals surface area contributed by atoms with Crippen LogP contribution < -0.4 is 11.4 Å². The van der Waals surface area contributed by atoms with Crippen LogP contribution in [0.5, 0.6) is 0 Å². The summed E-state index contributed by atoms with van der Waals surface area (Å²) in [5.41, 5.74) is -1.27. The van der Waals surface area contributed by atoms with Gasteiger partial charge in [-0.25, -0.2) is 14.2 Å². The van der Waals surface area contributed by atoms with Crippen LogP contribution in [-0.2, 0) is 7.02 Å². The first-order valence-corrected chi connectivity index (χ1v) is 2.62. The zero-order valence-corrected chi connectivity index (χ0v) is 5.42. The molecule has 1 aromatic heterocycles. The van der Waals surface area contributed by atoms with Crippen molar-refractivity contribution in [3.05, 3.63) is 26.8 Å². The maximum absolute atomic E-state index is 10.8. The zero-order chi connectivity index (χ0) is 8.43. The molecule has 0 saturated heterocycles. The first kappa shape index (κ1) is 5.40. The highest BCUT2D eigenvalue weighted by Crippen LogP contribution is 1.68. The number of H-pyrrole nitrogens is 1. The van der Waals surface area contributed by atoms with Gasteiger partial charge in [0, 0.05) is 8.39 Å². The lowest BCUT2D eigenvalue weighted by Crippen LogP contribution is -2.35. The molecule has 1 heterocycles. The van der Waals surface area contributed by atoms with E-state index >= 15 is 0 Å². The average Bonchev–Trinajstić information content (AvgIpc) is 1.85. The molecular weight excluding hydrogens is 134 g/mol. The standard InChI is InChI=1S/C5H7N3O2/c1-3-6-4(9)8(2)5(10)7-3/h1-2H3,(H,6,7,9,10)/i2D. The van der Waals surface area contributed by atoms with E-state index in [9.17, 15) is 9.59 Å². The third-order valence-corrected chi connectivity index (χ3v) is 1.03. The minimum absolute atomic E-state index is 0.268. The predicted octanol–water partition coefficient (Wildman–Crippen LogP) is -1.22. The summed E-state index contributed by atoms with van der Waals surface area (Å²) in [6.07, 6.45) is 0. The van der Waals surface area contributed by atoms with Crippen LogP contribution in [0.15, 0.2) is 9.59 Å². The number of aryl methyl sites for hydroxylation is 1. The van der Waals surface area contributed by atoms with Crippen molar-refractivity contribution in [2.75, 3.05) is 0 Å². The van der Waals surface area contributed by atoms with Gasteiger partial charge in [-0.15, -0.1) is 0 Å². The Labute approximate surface area is 57.8 Å². The van der Waals surface area contributed by atoms with Gasteiger partial charge in [0.25, 0.3) is 0 Å². The molecule has 0 radical (unpaired) electrons. The number of nitrogens with zero attached hydrogens (tertiary/aromatic N) is 2. The highest BCUT2D eigenvalue weighted by molar-refractivity contribution is 4.77. The molecule has 54 valence electrons. The number of hydrogen-bond acceptors (Lipinski definition) is 3. The van der Waals surface area contributed by atoms with Crippen LogP contribution in [0.1, 0.15) is 7.20 Å². The normalized spacial score (nSPS) is 11.1. The molecule has 1 aromatic rings. The van der Waals surface area contributed by atoms with E-state index in [-0.39, 0.29) is 5.82 Å². The second-order valence-corrected chi connectivity index (χ2v) is 1.84. The number of aromatic nitrogens is 3. The van der Waals surface area contributed by atoms with Crippen LogP contribution in [0.4, 0.5) is 0 Å². The van der Waals surface area contributed by atoms with E-state index in [1.807, 2.05) is 0 Å². The molecule has 0 aromatic carbocycles. The Hall–Kier alpha value is -1.39. The van der Waals surface area contributed by atoms with Crippen molar-refractivity contribution in [3.63, 3.8) is 0 Å². The van der Waals surface area contributed by atoms with Crippen LogP contribution in [0.25, 0.3) is 0 Å². The van der Waals surface area contributed by atoms with Gasteiger partial charge in [0.2, 0.25) is 0 Å². The lowest BCUT2D eigenvalue weighted by atomic mass is 10.7. The summed E-state index contributed by atoms with van der Waals surface area (Å²) in [7, 11) is -0.401. The molecule has 0 aliphatic rings. The fourth-order valence-corrected chi connectivity index (χ4v) is 0.541. The summed E-state index contributed by atoms with van der Waals surface area (Å²) in [4.78, 5) is 27.4. The molecule has 0 bridgehead atoms. The Morgan fingerprint density at radius 1 is 1.70 bits per heavy atom. The fraction of sp³-hybridized carbons (Fsp3) is 0.400. The molecule has 0 fully saturated rings. The summed E-state index contributed by atoms with van der Waals surface area (Å²) in [5.74, 6) is 0.268. The smallest absolute Gasteiger partial charge is 0.295 e. The van der Waals surface area contributed by atoms with Crippen molar-refractivity contribution in [1.82, 2.24) is 14.5 Å². The molecular formula is C5H7N3O2. The topological polar surface area (TPSA) is 67.8 Å². The molecule has 0 aliphatic carbocycles. The first-order valence-electron chi connectivity index (χ1n) is 3.33. The zero-order valence-electron chi connectivity index (χ0n) is 6.42. The molecule has 10 heavy (non-hydrogen) atoms. The molecule has 0 unspecified atom stereocenters. The summed E-state index contributed by atoms with van der Waals surface area (Å²) in [6, 6.07) is 0. The van der Waals surface area contributed by atoms with Crippen LogP contribution >= 0.6 is 0 Å². The van der Waals surface area contributed by atoms with Gasteiger partial charge in [0.1, 0.15) is 5.82 Å². The average molecular weight is 142 g/mol. The van der Waals surface area contributed by atoms with Crippen LogP contribution in [0, 0.1) is 6.92 Å². The predicted molar refractivity (Wildman–Crippen MR) is 34.8 cm³/mol. The fourth-order valence-electron chi connectivity index (χ4n) is 0.541. The van der Waals surface area contributed by atoms with Crippen molar-refractivity contribution in [2.45, 2.75) is 6.92 Å². The second-order valence-electron chi connectivity index (χ2n) is 1.84. The Morgan fingerprint density at radius 2 is 2.40 bits per heavy atom. The van der Waals surface area contributed by atoms with Crippen molar-refractivity contribution >= 4 is 0 Å². The number of aromatic amines is 1. The van der Waals surface area contributed by atoms with E-state index in [4.69, 9.17) is 1.37 Å². The molecule has 1 rings (SSSR count). The Kier molecular flexibility index (Phi) is 1.13. The van der Waals surface area contributed by atoms with Gasteiger partial charge in [-0.2, -0.15) is 4.98 Å². The first-order chi connectivity index (χ1) is 5.15. The molecule has 1 N–H and O–H groups in total. The van der Waals surface area contributed by atoms with Gasteiger partial charge in [-0.1, -0.05) is 0 Å².